The van der Waals surface area contributed by atoms with E-state index < -0.39 is 138 Å². The van der Waals surface area contributed by atoms with Gasteiger partial charge in [0.1, 0.15) is 54.1 Å². The van der Waals surface area contributed by atoms with Crippen LogP contribution < -0.4 is 70.6 Å². The fourth-order valence-electron chi connectivity index (χ4n) is 9.74. The molecule has 10 atom stereocenters. The molecule has 0 saturated carbocycles. The van der Waals surface area contributed by atoms with Crippen molar-refractivity contribution in [2.24, 2.45) is 28.1 Å². The van der Waals surface area contributed by atoms with Gasteiger partial charge in [-0.25, -0.2) is 10.2 Å². The Morgan fingerprint density at radius 2 is 1.25 bits per heavy atom. The monoisotopic (exact) mass is 1280 g/mol. The standard InChI is InChI=1S/C58H80N16O14.C2H4O2/c1-30(2)22-42(51(82)66-40(16-11-21-63-57(61)62-5)50(81)67-41(49(60)80)25-35-28-64-39-15-10-9-14-38(35)39)70-58(88)73-72-53(84)43(23-33-12-7-6-8-13-33)69-55(86)48(31(3)75)71-52(83)44(27-47(59)79)68-54(85)46-26-37(78)29-74(46)56(87)45(65-32(4)76)24-34-17-19-36(77)20-18-34;1-2(3)4/h6-10,12-15,17-20,28,30-31,37,40-46,48,64,75,77-78H,11,16,21-27,29H2,1-5H3,(H2,59,79)(H2,60,80)(H,65,76)(H,66,82)(H,67,81)(H,68,85)(H,69,86)(H,71,83)(H,72,84)(H3,61,62,63)(H2,70,73,88);1H3,(H,3,4)/t31-,37?,40+,41+,42+,43+,44+,45-,46+,48+;/m1./s1. The lowest BCUT2D eigenvalue weighted by Crippen LogP contribution is -2.62. The Balaban J connectivity index is 0.00000438. The van der Waals surface area contributed by atoms with Crippen LogP contribution in [0.2, 0.25) is 0 Å². The van der Waals surface area contributed by atoms with Crippen molar-refractivity contribution in [3.63, 3.8) is 0 Å². The van der Waals surface area contributed by atoms with Crippen molar-refractivity contribution < 1.29 is 78.0 Å². The van der Waals surface area contributed by atoms with Crippen LogP contribution in [0.3, 0.4) is 0 Å². The summed E-state index contributed by atoms with van der Waals surface area (Å²) in [6.45, 7) is 6.78. The number of primary amides is 2. The number of phenols is 1. The summed E-state index contributed by atoms with van der Waals surface area (Å²) in [5.74, 6) is -10.3. The number of H-pyrrole nitrogens is 1. The molecule has 32 heteroatoms. The number of rotatable bonds is 30. The number of para-hydroxylation sites is 1. The van der Waals surface area contributed by atoms with Gasteiger partial charge in [0.05, 0.1) is 18.6 Å². The van der Waals surface area contributed by atoms with Gasteiger partial charge in [0, 0.05) is 76.8 Å². The van der Waals surface area contributed by atoms with E-state index in [0.717, 1.165) is 29.7 Å². The van der Waals surface area contributed by atoms with Crippen LogP contribution >= 0.6 is 0 Å². The van der Waals surface area contributed by atoms with Crippen molar-refractivity contribution >= 4 is 87.9 Å². The number of benzene rings is 3. The Labute approximate surface area is 529 Å². The average molecular weight is 1290 g/mol. The molecule has 1 unspecified atom stereocenters. The molecule has 4 aromatic rings. The summed E-state index contributed by atoms with van der Waals surface area (Å²) in [7, 11) is 1.48. The largest absolute Gasteiger partial charge is 0.508 e. The summed E-state index contributed by atoms with van der Waals surface area (Å²) in [5.41, 5.74) is 23.9. The molecule has 32 nitrogen and oxygen atoms in total. The lowest BCUT2D eigenvalue weighted by Gasteiger charge is -2.30. The van der Waals surface area contributed by atoms with Crippen LogP contribution in [0, 0.1) is 5.92 Å². The van der Waals surface area contributed by atoms with E-state index in [1.807, 2.05) is 24.3 Å². The maximum Gasteiger partial charge on any atom is 0.334 e. The molecule has 5 rings (SSSR count). The van der Waals surface area contributed by atoms with E-state index >= 15 is 0 Å². The molecule has 1 fully saturated rings. The SMILES string of the molecule is CC(=O)O.CN=C(N)NCCC[C@H](NC(=O)[C@H](CC(C)C)NC(=O)NNC(=O)[C@H](Cc1ccccc1)NC(=O)[C@@H](NC(=O)[C@H](CC(N)=O)NC(=O)[C@@H]1CC(O)CN1C(=O)[C@@H](Cc1ccc(O)cc1)NC(C)=O)[C@@H](C)O)C(=O)N[C@@H](Cc1c[nH]c2ccccc12)C(N)=O. The van der Waals surface area contributed by atoms with Gasteiger partial charge in [-0.3, -0.25) is 63.2 Å². The summed E-state index contributed by atoms with van der Waals surface area (Å²) in [5, 5.41) is 59.9. The number of β-amino-alcohol motifs (C(OH)–C–C–N with tert-alkyl or cyclic N) is 1. The fourth-order valence-corrected chi connectivity index (χ4v) is 9.74. The molecule has 0 bridgehead atoms. The molecule has 2 heterocycles. The summed E-state index contributed by atoms with van der Waals surface area (Å²) in [6, 6.07) is 8.44. The van der Waals surface area contributed by atoms with Crippen LogP contribution in [-0.2, 0) is 72.0 Å². The van der Waals surface area contributed by atoms with Crippen molar-refractivity contribution in [2.45, 2.75) is 147 Å². The van der Waals surface area contributed by atoms with E-state index in [2.05, 4.69) is 63.4 Å². The number of carbonyl (C=O) groups is 12. The van der Waals surface area contributed by atoms with Crippen molar-refractivity contribution in [2.75, 3.05) is 20.1 Å². The van der Waals surface area contributed by atoms with Gasteiger partial charge in [0.2, 0.25) is 53.2 Å². The summed E-state index contributed by atoms with van der Waals surface area (Å²) in [4.78, 5) is 166. The third kappa shape index (κ3) is 24.5. The molecule has 3 aromatic carbocycles. The van der Waals surface area contributed by atoms with Crippen molar-refractivity contribution in [1.82, 2.24) is 63.3 Å². The topological polar surface area (TPSA) is 516 Å². The molecule has 21 N–H and O–H groups in total. The molecule has 92 heavy (non-hydrogen) atoms. The van der Waals surface area contributed by atoms with Gasteiger partial charge in [0.25, 0.3) is 11.9 Å². The van der Waals surface area contributed by atoms with Crippen LogP contribution in [-0.4, -0.2) is 188 Å². The number of nitrogens with zero attached hydrogens (tertiary/aromatic N) is 2. The number of aliphatic imine (C=N–C) groups is 1. The molecule has 1 aliphatic rings. The van der Waals surface area contributed by atoms with E-state index in [4.69, 9.17) is 27.1 Å². The maximum absolute atomic E-state index is 14.1. The van der Waals surface area contributed by atoms with E-state index in [-0.39, 0.29) is 75.7 Å². The lowest BCUT2D eigenvalue weighted by atomic mass is 10.0. The number of phenolic OH excluding ortho intramolecular Hbond substituents is 1. The zero-order valence-electron chi connectivity index (χ0n) is 51.8. The molecule has 1 saturated heterocycles. The minimum atomic E-state index is -1.89. The third-order valence-electron chi connectivity index (χ3n) is 14.2. The highest BCUT2D eigenvalue weighted by atomic mass is 16.4. The number of carboxylic acids is 1. The van der Waals surface area contributed by atoms with Gasteiger partial charge >= 0.3 is 6.03 Å². The fraction of sp³-hybridized carbons (Fsp3) is 0.450. The summed E-state index contributed by atoms with van der Waals surface area (Å²) >= 11 is 0. The van der Waals surface area contributed by atoms with E-state index in [1.165, 1.54) is 38.2 Å². The molecule has 1 aromatic heterocycles. The first kappa shape index (κ1) is 74.1. The van der Waals surface area contributed by atoms with Gasteiger partial charge in [-0.2, -0.15) is 0 Å². The van der Waals surface area contributed by atoms with Crippen LogP contribution in [0.1, 0.15) is 83.4 Å². The molecular formula is C60H84N16O16. The molecule has 0 radical (unpaired) electrons. The first-order chi connectivity index (χ1) is 43.5. The predicted octanol–water partition coefficient (Wildman–Crippen LogP) is -3.32. The first-order valence-corrected chi connectivity index (χ1v) is 29.4. The van der Waals surface area contributed by atoms with Crippen molar-refractivity contribution in [3.05, 3.63) is 102 Å². The minimum Gasteiger partial charge on any atom is -0.508 e. The number of urea groups is 1. The number of hydrogen-bond acceptors (Lipinski definition) is 16. The van der Waals surface area contributed by atoms with Gasteiger partial charge in [-0.15, -0.1) is 0 Å². The number of amides is 12. The number of aliphatic hydroxyl groups is 2. The van der Waals surface area contributed by atoms with Crippen LogP contribution in [0.4, 0.5) is 4.79 Å². The van der Waals surface area contributed by atoms with E-state index in [0.29, 0.717) is 16.7 Å². The van der Waals surface area contributed by atoms with Crippen LogP contribution in [0.5, 0.6) is 5.75 Å². The van der Waals surface area contributed by atoms with Gasteiger partial charge in [-0.1, -0.05) is 74.5 Å². The number of aliphatic carboxylic acids is 1. The van der Waals surface area contributed by atoms with E-state index in [1.54, 1.807) is 50.4 Å². The number of hydrazine groups is 1. The number of guanidine groups is 1. The second kappa shape index (κ2) is 36.3. The molecule has 1 aliphatic heterocycles. The first-order valence-electron chi connectivity index (χ1n) is 29.4. The van der Waals surface area contributed by atoms with Gasteiger partial charge in [-0.05, 0) is 67.0 Å². The zero-order valence-corrected chi connectivity index (χ0v) is 51.8. The second-order valence-corrected chi connectivity index (χ2v) is 22.3. The van der Waals surface area contributed by atoms with Gasteiger partial charge < -0.3 is 90.0 Å². The number of fused-ring (bicyclic) bond motifs is 1. The Hall–Kier alpha value is -10.4. The van der Waals surface area contributed by atoms with Crippen LogP contribution in [0.25, 0.3) is 10.9 Å². The Kier molecular flexibility index (Phi) is 29.3. The summed E-state index contributed by atoms with van der Waals surface area (Å²) < 4.78 is 0. The number of carbonyl (C=O) groups excluding carboxylic acids is 11. The lowest BCUT2D eigenvalue weighted by molar-refractivity contribution is -0.142. The Morgan fingerprint density at radius 1 is 0.663 bits per heavy atom. The number of aromatic amines is 1. The molecule has 0 spiro atoms. The molecule has 12 amide bonds. The van der Waals surface area contributed by atoms with E-state index in [9.17, 15) is 68.1 Å². The highest BCUT2D eigenvalue weighted by Crippen LogP contribution is 2.23. The number of likely N-dealkylation sites (tertiary alicyclic amines) is 1. The number of aliphatic hydroxyl groups excluding tert-OH is 2. The minimum absolute atomic E-state index is 0.0122. The van der Waals surface area contributed by atoms with Gasteiger partial charge in [0.15, 0.2) is 5.96 Å². The number of carboxylic acid groups (broad SMARTS) is 1. The number of nitrogens with one attached hydrogen (secondary N) is 11. The maximum atomic E-state index is 14.1. The quantitative estimate of drug-likeness (QED) is 0.0105. The second-order valence-electron chi connectivity index (χ2n) is 22.3. The molecule has 500 valence electrons. The average Bonchev–Trinajstić information content (AvgIpc) is 2.76. The number of aromatic hydroxyl groups is 1. The number of nitrogens with two attached hydrogens (primary N) is 3. The van der Waals surface area contributed by atoms with Crippen molar-refractivity contribution in [1.29, 1.82) is 0 Å². The van der Waals surface area contributed by atoms with Crippen molar-refractivity contribution in [3.8, 4) is 5.75 Å². The number of aromatic nitrogens is 1. The highest BCUT2D eigenvalue weighted by molar-refractivity contribution is 5.99. The highest BCUT2D eigenvalue weighted by Gasteiger charge is 2.43. The van der Waals surface area contributed by atoms with Crippen LogP contribution in [0.15, 0.2) is 90.1 Å². The predicted molar refractivity (Wildman–Crippen MR) is 333 cm³/mol. The molecular weight excluding hydrogens is 1200 g/mol. The molecule has 0 aliphatic carbocycles. The number of hydrogen-bond donors (Lipinski definition) is 18. The third-order valence-corrected chi connectivity index (χ3v) is 14.2. The normalized spacial score (nSPS) is 16.2. The Bertz CT molecular complexity index is 3250. The Morgan fingerprint density at radius 3 is 1.86 bits per heavy atom. The summed E-state index contributed by atoms with van der Waals surface area (Å²) in [6.07, 6.45) is -2.45. The zero-order chi connectivity index (χ0) is 68.4. The smallest absolute Gasteiger partial charge is 0.334 e.